The molecule has 0 heterocycles. The van der Waals surface area contributed by atoms with Crippen LogP contribution >= 0.6 is 0 Å². The minimum absolute atomic E-state index is 0.187. The minimum Gasteiger partial charge on any atom is -0.329 e. The van der Waals surface area contributed by atoms with Gasteiger partial charge in [0.05, 0.1) is 12.1 Å². The van der Waals surface area contributed by atoms with Crippen LogP contribution in [0.3, 0.4) is 0 Å². The van der Waals surface area contributed by atoms with Crippen LogP contribution in [-0.2, 0) is 6.18 Å². The van der Waals surface area contributed by atoms with Crippen molar-refractivity contribution in [2.24, 2.45) is 5.73 Å². The maximum absolute atomic E-state index is 12.4. The highest BCUT2D eigenvalue weighted by Crippen LogP contribution is 2.29. The van der Waals surface area contributed by atoms with Gasteiger partial charge in [-0.2, -0.15) is 13.2 Å². The van der Waals surface area contributed by atoms with Gasteiger partial charge in [-0.15, -0.1) is 5.92 Å². The lowest BCUT2D eigenvalue weighted by Crippen LogP contribution is -2.28. The van der Waals surface area contributed by atoms with Gasteiger partial charge >= 0.3 is 6.18 Å². The molecule has 18 heavy (non-hydrogen) atoms. The molecular formula is C13H15F3N2. The van der Waals surface area contributed by atoms with E-state index in [1.807, 2.05) is 0 Å². The van der Waals surface area contributed by atoms with Crippen LogP contribution in [0.1, 0.15) is 24.1 Å². The first kappa shape index (κ1) is 14.6. The van der Waals surface area contributed by atoms with Crippen molar-refractivity contribution in [3.63, 3.8) is 0 Å². The summed E-state index contributed by atoms with van der Waals surface area (Å²) in [5.41, 5.74) is 5.65. The Labute approximate surface area is 104 Å². The summed E-state index contributed by atoms with van der Waals surface area (Å²) in [4.78, 5) is 0. The molecule has 1 aromatic rings. The van der Waals surface area contributed by atoms with Crippen molar-refractivity contribution in [2.45, 2.75) is 19.1 Å². The Morgan fingerprint density at radius 3 is 2.33 bits per heavy atom. The summed E-state index contributed by atoms with van der Waals surface area (Å²) in [6.07, 6.45) is -4.31. The van der Waals surface area contributed by atoms with Crippen LogP contribution in [0.25, 0.3) is 0 Å². The van der Waals surface area contributed by atoms with Crippen LogP contribution in [0.2, 0.25) is 0 Å². The fourth-order valence-electron chi connectivity index (χ4n) is 1.50. The van der Waals surface area contributed by atoms with Crippen molar-refractivity contribution in [1.29, 1.82) is 0 Å². The Hall–Kier alpha value is -1.51. The molecule has 0 aromatic heterocycles. The molecule has 0 saturated heterocycles. The first-order valence-corrected chi connectivity index (χ1v) is 5.49. The average molecular weight is 256 g/mol. The molecule has 1 aromatic carbocycles. The summed E-state index contributed by atoms with van der Waals surface area (Å²) in [7, 11) is 0. The van der Waals surface area contributed by atoms with Crippen molar-refractivity contribution < 1.29 is 13.2 Å². The zero-order valence-corrected chi connectivity index (χ0v) is 10.0. The number of rotatable bonds is 4. The summed E-state index contributed by atoms with van der Waals surface area (Å²) >= 11 is 0. The molecule has 1 unspecified atom stereocenters. The lowest BCUT2D eigenvalue weighted by atomic mass is 10.0. The van der Waals surface area contributed by atoms with Crippen LogP contribution < -0.4 is 11.1 Å². The third kappa shape index (κ3) is 4.06. The van der Waals surface area contributed by atoms with Gasteiger partial charge in [-0.25, -0.2) is 0 Å². The fraction of sp³-hybridized carbons (Fsp3) is 0.385. The number of nitrogens with two attached hydrogens (primary N) is 1. The number of hydrogen-bond donors (Lipinski definition) is 2. The monoisotopic (exact) mass is 256 g/mol. The summed E-state index contributed by atoms with van der Waals surface area (Å²) in [5.74, 6) is 5.55. The highest BCUT2D eigenvalue weighted by molar-refractivity contribution is 5.27. The van der Waals surface area contributed by atoms with E-state index < -0.39 is 11.7 Å². The molecule has 3 N–H and O–H groups in total. The van der Waals surface area contributed by atoms with Crippen molar-refractivity contribution in [3.8, 4) is 11.8 Å². The predicted molar refractivity (Wildman–Crippen MR) is 64.7 cm³/mol. The molecule has 0 aliphatic rings. The SMILES string of the molecule is CC#CCNC(CN)c1ccc(C(F)(F)F)cc1. The molecule has 0 aliphatic carbocycles. The molecule has 0 aliphatic heterocycles. The summed E-state index contributed by atoms with van der Waals surface area (Å²) in [5, 5.41) is 3.06. The van der Waals surface area contributed by atoms with Gasteiger partial charge in [0, 0.05) is 12.6 Å². The maximum Gasteiger partial charge on any atom is 0.416 e. The third-order valence-electron chi connectivity index (χ3n) is 2.49. The number of halogens is 3. The zero-order valence-electron chi connectivity index (χ0n) is 10.0. The molecular weight excluding hydrogens is 241 g/mol. The Morgan fingerprint density at radius 2 is 1.89 bits per heavy atom. The number of benzene rings is 1. The van der Waals surface area contributed by atoms with Crippen LogP contribution in [0.5, 0.6) is 0 Å². The van der Waals surface area contributed by atoms with Gasteiger partial charge < -0.3 is 5.73 Å². The van der Waals surface area contributed by atoms with Crippen LogP contribution in [0, 0.1) is 11.8 Å². The van der Waals surface area contributed by atoms with Crippen molar-refractivity contribution in [2.75, 3.05) is 13.1 Å². The van der Waals surface area contributed by atoms with Crippen LogP contribution in [-0.4, -0.2) is 13.1 Å². The summed E-state index contributed by atoms with van der Waals surface area (Å²) in [6.45, 7) is 2.48. The lowest BCUT2D eigenvalue weighted by Gasteiger charge is -2.16. The number of hydrogen-bond acceptors (Lipinski definition) is 2. The topological polar surface area (TPSA) is 38.0 Å². The number of alkyl halides is 3. The van der Waals surface area contributed by atoms with E-state index in [0.29, 0.717) is 13.1 Å². The molecule has 1 rings (SSSR count). The first-order chi connectivity index (χ1) is 8.49. The van der Waals surface area contributed by atoms with Crippen LogP contribution in [0.15, 0.2) is 24.3 Å². The molecule has 0 radical (unpaired) electrons. The van der Waals surface area contributed by atoms with E-state index in [2.05, 4.69) is 17.2 Å². The van der Waals surface area contributed by atoms with E-state index >= 15 is 0 Å². The molecule has 0 bridgehead atoms. The quantitative estimate of drug-likeness (QED) is 0.811. The molecule has 5 heteroatoms. The third-order valence-corrected chi connectivity index (χ3v) is 2.49. The summed E-state index contributed by atoms with van der Waals surface area (Å²) < 4.78 is 37.2. The Morgan fingerprint density at radius 1 is 1.28 bits per heavy atom. The normalized spacial score (nSPS) is 12.7. The van der Waals surface area contributed by atoms with Gasteiger partial charge in [-0.1, -0.05) is 18.1 Å². The maximum atomic E-state index is 12.4. The average Bonchev–Trinajstić information content (AvgIpc) is 2.34. The standard InChI is InChI=1S/C13H15F3N2/c1-2-3-8-18-12(9-17)10-4-6-11(7-5-10)13(14,15)16/h4-7,12,18H,8-9,17H2,1H3. The van der Waals surface area contributed by atoms with E-state index in [4.69, 9.17) is 5.73 Å². The Bertz CT molecular complexity index is 426. The van der Waals surface area contributed by atoms with E-state index in [1.165, 1.54) is 12.1 Å². The van der Waals surface area contributed by atoms with Gasteiger partial charge in [0.15, 0.2) is 0 Å². The number of nitrogens with one attached hydrogen (secondary N) is 1. The van der Waals surface area contributed by atoms with Gasteiger partial charge in [-0.05, 0) is 24.6 Å². The van der Waals surface area contributed by atoms with Gasteiger partial charge in [0.1, 0.15) is 0 Å². The molecule has 0 fully saturated rings. The van der Waals surface area contributed by atoms with Crippen LogP contribution in [0.4, 0.5) is 13.2 Å². The van der Waals surface area contributed by atoms with Crippen molar-refractivity contribution >= 4 is 0 Å². The molecule has 0 saturated carbocycles. The molecule has 0 spiro atoms. The second-order valence-corrected chi connectivity index (χ2v) is 3.72. The van der Waals surface area contributed by atoms with E-state index in [1.54, 1.807) is 6.92 Å². The van der Waals surface area contributed by atoms with Gasteiger partial charge in [-0.3, -0.25) is 5.32 Å². The molecule has 98 valence electrons. The molecule has 0 amide bonds. The Kier molecular flexibility index (Phi) is 5.20. The lowest BCUT2D eigenvalue weighted by molar-refractivity contribution is -0.137. The fourth-order valence-corrected chi connectivity index (χ4v) is 1.50. The van der Waals surface area contributed by atoms with Crippen molar-refractivity contribution in [3.05, 3.63) is 35.4 Å². The highest BCUT2D eigenvalue weighted by atomic mass is 19.4. The predicted octanol–water partition coefficient (Wildman–Crippen LogP) is 2.32. The zero-order chi connectivity index (χ0) is 13.6. The smallest absolute Gasteiger partial charge is 0.329 e. The van der Waals surface area contributed by atoms with Gasteiger partial charge in [0.25, 0.3) is 0 Å². The second kappa shape index (κ2) is 6.43. The van der Waals surface area contributed by atoms with E-state index in [0.717, 1.165) is 17.7 Å². The van der Waals surface area contributed by atoms with E-state index in [-0.39, 0.29) is 6.04 Å². The summed E-state index contributed by atoms with van der Waals surface area (Å²) in [6, 6.07) is 4.81. The molecule has 2 nitrogen and oxygen atoms in total. The largest absolute Gasteiger partial charge is 0.416 e. The minimum atomic E-state index is -4.31. The second-order valence-electron chi connectivity index (χ2n) is 3.72. The Balaban J connectivity index is 2.77. The highest BCUT2D eigenvalue weighted by Gasteiger charge is 2.30. The first-order valence-electron chi connectivity index (χ1n) is 5.49. The molecule has 1 atom stereocenters. The van der Waals surface area contributed by atoms with Crippen molar-refractivity contribution in [1.82, 2.24) is 5.32 Å². The van der Waals surface area contributed by atoms with Gasteiger partial charge in [0.2, 0.25) is 0 Å². The van der Waals surface area contributed by atoms with E-state index in [9.17, 15) is 13.2 Å².